The highest BCUT2D eigenvalue weighted by molar-refractivity contribution is 5.92. The predicted molar refractivity (Wildman–Crippen MR) is 97.3 cm³/mol. The van der Waals surface area contributed by atoms with Crippen molar-refractivity contribution in [2.24, 2.45) is 23.7 Å². The van der Waals surface area contributed by atoms with Crippen LogP contribution in [0, 0.1) is 23.7 Å². The third kappa shape index (κ3) is 3.47. The van der Waals surface area contributed by atoms with E-state index in [1.54, 1.807) is 12.4 Å². The maximum Gasteiger partial charge on any atom is 0.228 e. The molecule has 3 fully saturated rings. The largest absolute Gasteiger partial charge is 0.378 e. The fourth-order valence-corrected chi connectivity index (χ4v) is 4.67. The van der Waals surface area contributed by atoms with Gasteiger partial charge in [-0.2, -0.15) is 0 Å². The Balaban J connectivity index is 1.42. The molecule has 6 nitrogen and oxygen atoms in total. The summed E-state index contributed by atoms with van der Waals surface area (Å²) >= 11 is 0. The Labute approximate surface area is 154 Å². The minimum atomic E-state index is -0.120. The van der Waals surface area contributed by atoms with Crippen molar-refractivity contribution >= 4 is 17.5 Å². The van der Waals surface area contributed by atoms with Gasteiger partial charge in [0.2, 0.25) is 11.8 Å². The SMILES string of the molecule is CC1CC(C(=O)N2CC[C@H]3OCC[C@@H](C(=O)Nc4cccnc4)[C@@H]3C2)C1. The standard InChI is InChI=1S/C20H27N3O3/c1-13-9-14(10-13)20(25)23-7-4-18-17(12-23)16(5-8-26-18)19(24)22-15-3-2-6-21-11-15/h2-3,6,11,13-14,16-18H,4-5,7-10,12H2,1H3,(H,22,24)/t13?,14?,16-,17+,18-/m1/s1. The lowest BCUT2D eigenvalue weighted by atomic mass is 9.74. The van der Waals surface area contributed by atoms with E-state index in [1.165, 1.54) is 0 Å². The molecular weight excluding hydrogens is 330 g/mol. The Hall–Kier alpha value is -1.95. The topological polar surface area (TPSA) is 71.5 Å². The predicted octanol–water partition coefficient (Wildman–Crippen LogP) is 2.32. The Kier molecular flexibility index (Phi) is 4.94. The molecule has 3 atom stereocenters. The van der Waals surface area contributed by atoms with Gasteiger partial charge in [-0.05, 0) is 43.7 Å². The summed E-state index contributed by atoms with van der Waals surface area (Å²) in [6.07, 6.45) is 6.97. The molecule has 26 heavy (non-hydrogen) atoms. The molecule has 1 aromatic rings. The maximum absolute atomic E-state index is 12.8. The van der Waals surface area contributed by atoms with Crippen LogP contribution in [0.3, 0.4) is 0 Å². The summed E-state index contributed by atoms with van der Waals surface area (Å²) in [6.45, 7) is 4.20. The van der Waals surface area contributed by atoms with Crippen molar-refractivity contribution in [1.29, 1.82) is 0 Å². The highest BCUT2D eigenvalue weighted by Crippen LogP contribution is 2.38. The molecule has 6 heteroatoms. The zero-order valence-corrected chi connectivity index (χ0v) is 15.3. The zero-order valence-electron chi connectivity index (χ0n) is 15.3. The second-order valence-electron chi connectivity index (χ2n) is 8.05. The van der Waals surface area contributed by atoms with E-state index in [1.807, 2.05) is 17.0 Å². The number of aromatic nitrogens is 1. The molecule has 0 spiro atoms. The van der Waals surface area contributed by atoms with Crippen LogP contribution in [0.15, 0.2) is 24.5 Å². The van der Waals surface area contributed by atoms with E-state index in [0.717, 1.165) is 25.8 Å². The highest BCUT2D eigenvalue weighted by Gasteiger charge is 2.44. The average molecular weight is 357 g/mol. The number of hydrogen-bond acceptors (Lipinski definition) is 4. The fourth-order valence-electron chi connectivity index (χ4n) is 4.67. The maximum atomic E-state index is 12.8. The van der Waals surface area contributed by atoms with E-state index in [9.17, 15) is 9.59 Å². The Morgan fingerprint density at radius 1 is 1.31 bits per heavy atom. The van der Waals surface area contributed by atoms with Crippen molar-refractivity contribution in [3.05, 3.63) is 24.5 Å². The number of amides is 2. The van der Waals surface area contributed by atoms with Gasteiger partial charge in [0.1, 0.15) is 0 Å². The van der Waals surface area contributed by atoms with Crippen LogP contribution in [-0.2, 0) is 14.3 Å². The van der Waals surface area contributed by atoms with E-state index in [-0.39, 0.29) is 35.7 Å². The van der Waals surface area contributed by atoms with Crippen molar-refractivity contribution < 1.29 is 14.3 Å². The van der Waals surface area contributed by atoms with Crippen LogP contribution in [-0.4, -0.2) is 47.5 Å². The highest BCUT2D eigenvalue weighted by atomic mass is 16.5. The van der Waals surface area contributed by atoms with Crippen LogP contribution in [0.1, 0.15) is 32.6 Å². The minimum Gasteiger partial charge on any atom is -0.378 e. The number of anilines is 1. The number of nitrogens with one attached hydrogen (secondary N) is 1. The van der Waals surface area contributed by atoms with Crippen LogP contribution in [0.4, 0.5) is 5.69 Å². The first-order valence-electron chi connectivity index (χ1n) is 9.73. The van der Waals surface area contributed by atoms with E-state index < -0.39 is 0 Å². The number of nitrogens with zero attached hydrogens (tertiary/aromatic N) is 2. The molecule has 2 saturated heterocycles. The lowest BCUT2D eigenvalue weighted by Crippen LogP contribution is -2.55. The van der Waals surface area contributed by atoms with Gasteiger partial charge in [0.15, 0.2) is 0 Å². The van der Waals surface area contributed by atoms with Gasteiger partial charge in [0.05, 0.1) is 18.0 Å². The number of carbonyl (C=O) groups is 2. The first-order chi connectivity index (χ1) is 12.6. The number of ether oxygens (including phenoxy) is 1. The normalized spacial score (nSPS) is 33.7. The molecule has 0 aromatic carbocycles. The van der Waals surface area contributed by atoms with E-state index in [4.69, 9.17) is 4.74 Å². The summed E-state index contributed by atoms with van der Waals surface area (Å²) in [7, 11) is 0. The lowest BCUT2D eigenvalue weighted by Gasteiger charge is -2.46. The summed E-state index contributed by atoms with van der Waals surface area (Å²) in [4.78, 5) is 31.6. The van der Waals surface area contributed by atoms with Crippen LogP contribution in [0.25, 0.3) is 0 Å². The number of rotatable bonds is 3. The Morgan fingerprint density at radius 2 is 2.15 bits per heavy atom. The Bertz CT molecular complexity index is 660. The molecule has 2 amide bonds. The second kappa shape index (κ2) is 7.35. The third-order valence-corrected chi connectivity index (χ3v) is 6.17. The van der Waals surface area contributed by atoms with Gasteiger partial charge in [-0.15, -0.1) is 0 Å². The van der Waals surface area contributed by atoms with Crippen molar-refractivity contribution in [3.63, 3.8) is 0 Å². The van der Waals surface area contributed by atoms with E-state index in [2.05, 4.69) is 17.2 Å². The molecule has 2 aliphatic heterocycles. The molecule has 1 saturated carbocycles. The molecule has 0 bridgehead atoms. The molecule has 3 heterocycles. The minimum absolute atomic E-state index is 0.0165. The number of carbonyl (C=O) groups excluding carboxylic acids is 2. The monoisotopic (exact) mass is 357 g/mol. The van der Waals surface area contributed by atoms with Gasteiger partial charge >= 0.3 is 0 Å². The van der Waals surface area contributed by atoms with Crippen molar-refractivity contribution in [1.82, 2.24) is 9.88 Å². The van der Waals surface area contributed by atoms with Crippen LogP contribution >= 0.6 is 0 Å². The van der Waals surface area contributed by atoms with Gasteiger partial charge in [0, 0.05) is 43.6 Å². The van der Waals surface area contributed by atoms with Crippen molar-refractivity contribution in [2.45, 2.75) is 38.7 Å². The lowest BCUT2D eigenvalue weighted by molar-refractivity contribution is -0.153. The number of pyridine rings is 1. The van der Waals surface area contributed by atoms with Crippen LogP contribution < -0.4 is 5.32 Å². The summed E-state index contributed by atoms with van der Waals surface area (Å²) in [6, 6.07) is 3.65. The third-order valence-electron chi connectivity index (χ3n) is 6.17. The molecule has 1 aliphatic carbocycles. The molecule has 0 radical (unpaired) electrons. The summed E-state index contributed by atoms with van der Waals surface area (Å²) in [5, 5.41) is 2.98. The van der Waals surface area contributed by atoms with Crippen LogP contribution in [0.5, 0.6) is 0 Å². The van der Waals surface area contributed by atoms with Gasteiger partial charge in [-0.1, -0.05) is 6.92 Å². The zero-order chi connectivity index (χ0) is 18.1. The molecule has 140 valence electrons. The number of likely N-dealkylation sites (tertiary alicyclic amines) is 1. The fraction of sp³-hybridized carbons (Fsp3) is 0.650. The Morgan fingerprint density at radius 3 is 2.88 bits per heavy atom. The molecule has 4 rings (SSSR count). The molecular formula is C20H27N3O3. The molecule has 0 unspecified atom stereocenters. The first-order valence-corrected chi connectivity index (χ1v) is 9.73. The van der Waals surface area contributed by atoms with Gasteiger partial charge < -0.3 is 15.0 Å². The summed E-state index contributed by atoms with van der Waals surface area (Å²) in [5.74, 6) is 1.10. The summed E-state index contributed by atoms with van der Waals surface area (Å²) < 4.78 is 5.93. The van der Waals surface area contributed by atoms with Gasteiger partial charge in [-0.25, -0.2) is 0 Å². The second-order valence-corrected chi connectivity index (χ2v) is 8.05. The quantitative estimate of drug-likeness (QED) is 0.901. The van der Waals surface area contributed by atoms with Crippen LogP contribution in [0.2, 0.25) is 0 Å². The van der Waals surface area contributed by atoms with E-state index in [0.29, 0.717) is 31.2 Å². The smallest absolute Gasteiger partial charge is 0.228 e. The number of fused-ring (bicyclic) bond motifs is 1. The number of hydrogen-bond donors (Lipinski definition) is 1. The molecule has 1 N–H and O–H groups in total. The molecule has 1 aromatic heterocycles. The number of piperidine rings is 1. The first kappa shape index (κ1) is 17.5. The van der Waals surface area contributed by atoms with Gasteiger partial charge in [-0.3, -0.25) is 14.6 Å². The average Bonchev–Trinajstić information content (AvgIpc) is 2.64. The van der Waals surface area contributed by atoms with Crippen molar-refractivity contribution in [2.75, 3.05) is 25.0 Å². The van der Waals surface area contributed by atoms with E-state index >= 15 is 0 Å². The van der Waals surface area contributed by atoms with Gasteiger partial charge in [0.25, 0.3) is 0 Å². The van der Waals surface area contributed by atoms with Crippen molar-refractivity contribution in [3.8, 4) is 0 Å². The summed E-state index contributed by atoms with van der Waals surface area (Å²) in [5.41, 5.74) is 0.715. The molecule has 3 aliphatic rings.